The monoisotopic (exact) mass is 310 g/mol. The zero-order valence-corrected chi connectivity index (χ0v) is 13.4. The van der Waals surface area contributed by atoms with Crippen LogP contribution in [0.3, 0.4) is 0 Å². The van der Waals surface area contributed by atoms with E-state index >= 15 is 0 Å². The van der Waals surface area contributed by atoms with Crippen molar-refractivity contribution in [1.29, 1.82) is 5.26 Å². The van der Waals surface area contributed by atoms with Gasteiger partial charge in [-0.3, -0.25) is 0 Å². The summed E-state index contributed by atoms with van der Waals surface area (Å²) < 4.78 is 7.59. The van der Waals surface area contributed by atoms with Crippen molar-refractivity contribution in [3.63, 3.8) is 0 Å². The first-order valence-corrected chi connectivity index (χ1v) is 8.05. The summed E-state index contributed by atoms with van der Waals surface area (Å²) >= 11 is 0. The van der Waals surface area contributed by atoms with Gasteiger partial charge in [-0.25, -0.2) is 4.98 Å². The summed E-state index contributed by atoms with van der Waals surface area (Å²) in [5, 5.41) is 12.5. The normalized spacial score (nSPS) is 16.9. The summed E-state index contributed by atoms with van der Waals surface area (Å²) in [5.41, 5.74) is 1.87. The second-order valence-corrected chi connectivity index (χ2v) is 6.01. The molecule has 1 aromatic carbocycles. The first kappa shape index (κ1) is 15.7. The van der Waals surface area contributed by atoms with Crippen LogP contribution in [0.5, 0.6) is 0 Å². The van der Waals surface area contributed by atoms with Crippen molar-refractivity contribution < 1.29 is 4.74 Å². The maximum Gasteiger partial charge on any atom is 0.125 e. The number of aryl methyl sites for hydroxylation is 1. The van der Waals surface area contributed by atoms with Gasteiger partial charge in [-0.2, -0.15) is 5.26 Å². The van der Waals surface area contributed by atoms with Crippen LogP contribution in [0.4, 0.5) is 0 Å². The van der Waals surface area contributed by atoms with Gasteiger partial charge in [0, 0.05) is 39.2 Å². The number of imidazole rings is 1. The Labute approximate surface area is 136 Å². The third-order valence-corrected chi connectivity index (χ3v) is 4.48. The van der Waals surface area contributed by atoms with Gasteiger partial charge in [0.25, 0.3) is 0 Å². The van der Waals surface area contributed by atoms with Gasteiger partial charge in [-0.05, 0) is 36.5 Å². The van der Waals surface area contributed by atoms with E-state index in [4.69, 9.17) is 10.00 Å². The van der Waals surface area contributed by atoms with E-state index in [0.29, 0.717) is 11.5 Å². The van der Waals surface area contributed by atoms with Crippen molar-refractivity contribution in [2.75, 3.05) is 13.2 Å². The number of aromatic nitrogens is 2. The van der Waals surface area contributed by atoms with Crippen molar-refractivity contribution in [3.05, 3.63) is 53.6 Å². The average molecular weight is 310 g/mol. The lowest BCUT2D eigenvalue weighted by Gasteiger charge is -2.30. The number of rotatable bonds is 5. The summed E-state index contributed by atoms with van der Waals surface area (Å²) in [6.07, 6.45) is 5.95. The van der Waals surface area contributed by atoms with Gasteiger partial charge in [-0.1, -0.05) is 12.1 Å². The molecule has 1 saturated heterocycles. The second-order valence-electron chi connectivity index (χ2n) is 6.01. The fourth-order valence-corrected chi connectivity index (χ4v) is 3.12. The van der Waals surface area contributed by atoms with Gasteiger partial charge in [0.05, 0.1) is 17.7 Å². The van der Waals surface area contributed by atoms with Gasteiger partial charge in [-0.15, -0.1) is 0 Å². The number of nitrogens with one attached hydrogen (secondary N) is 1. The van der Waals surface area contributed by atoms with E-state index in [1.165, 1.54) is 5.56 Å². The molecule has 0 unspecified atom stereocenters. The molecule has 1 fully saturated rings. The maximum absolute atomic E-state index is 8.88. The fourth-order valence-electron chi connectivity index (χ4n) is 3.12. The summed E-state index contributed by atoms with van der Waals surface area (Å²) in [7, 11) is 2.04. The van der Waals surface area contributed by atoms with E-state index in [9.17, 15) is 0 Å². The van der Waals surface area contributed by atoms with Crippen LogP contribution in [0, 0.1) is 17.2 Å². The molecule has 1 aliphatic heterocycles. The van der Waals surface area contributed by atoms with Crippen LogP contribution in [-0.4, -0.2) is 22.8 Å². The molecule has 2 heterocycles. The Morgan fingerprint density at radius 2 is 2.09 bits per heavy atom. The third-order valence-electron chi connectivity index (χ3n) is 4.48. The molecule has 2 aromatic rings. The molecule has 0 spiro atoms. The molecule has 1 N–H and O–H groups in total. The minimum Gasteiger partial charge on any atom is -0.381 e. The lowest BCUT2D eigenvalue weighted by molar-refractivity contribution is 0.0518. The van der Waals surface area contributed by atoms with E-state index in [0.717, 1.165) is 38.4 Å². The standard InChI is InChI=1S/C18H22N4O/c1-22-9-8-20-18(22)17(16-6-10-23-11-7-16)21-13-15-4-2-14(12-19)3-5-15/h2-5,8-9,16-17,21H,6-7,10-11,13H2,1H3/t17-/m0/s1. The minimum absolute atomic E-state index is 0.217. The zero-order valence-electron chi connectivity index (χ0n) is 13.4. The van der Waals surface area contributed by atoms with Gasteiger partial charge < -0.3 is 14.6 Å². The summed E-state index contributed by atoms with van der Waals surface area (Å²) in [6, 6.07) is 10.1. The smallest absolute Gasteiger partial charge is 0.125 e. The van der Waals surface area contributed by atoms with Crippen LogP contribution < -0.4 is 5.32 Å². The van der Waals surface area contributed by atoms with Crippen LogP contribution in [0.15, 0.2) is 36.7 Å². The van der Waals surface area contributed by atoms with Crippen molar-refractivity contribution in [2.24, 2.45) is 13.0 Å². The third kappa shape index (κ3) is 3.79. The highest BCUT2D eigenvalue weighted by atomic mass is 16.5. The summed E-state index contributed by atoms with van der Waals surface area (Å²) in [5.74, 6) is 1.61. The molecule has 1 atom stereocenters. The van der Waals surface area contributed by atoms with Gasteiger partial charge in [0.1, 0.15) is 5.82 Å². The lowest BCUT2D eigenvalue weighted by atomic mass is 9.91. The Hall–Kier alpha value is -2.16. The summed E-state index contributed by atoms with van der Waals surface area (Å²) in [4.78, 5) is 4.55. The van der Waals surface area contributed by atoms with Crippen LogP contribution in [-0.2, 0) is 18.3 Å². The molecular weight excluding hydrogens is 288 g/mol. The number of nitrogens with zero attached hydrogens (tertiary/aromatic N) is 3. The Morgan fingerprint density at radius 1 is 1.35 bits per heavy atom. The van der Waals surface area contributed by atoms with E-state index in [1.54, 1.807) is 0 Å². The topological polar surface area (TPSA) is 62.9 Å². The first-order chi connectivity index (χ1) is 11.3. The van der Waals surface area contributed by atoms with Gasteiger partial charge in [0.15, 0.2) is 0 Å². The number of hydrogen-bond acceptors (Lipinski definition) is 4. The Morgan fingerprint density at radius 3 is 2.70 bits per heavy atom. The Bertz CT molecular complexity index is 665. The molecule has 5 heteroatoms. The quantitative estimate of drug-likeness (QED) is 0.922. The SMILES string of the molecule is Cn1ccnc1[C@@H](NCc1ccc(C#N)cc1)C1CCOCC1. The van der Waals surface area contributed by atoms with Crippen LogP contribution >= 0.6 is 0 Å². The zero-order chi connectivity index (χ0) is 16.1. The number of benzene rings is 1. The highest BCUT2D eigenvalue weighted by Gasteiger charge is 2.27. The van der Waals surface area contributed by atoms with E-state index in [2.05, 4.69) is 20.9 Å². The summed E-state index contributed by atoms with van der Waals surface area (Å²) in [6.45, 7) is 2.41. The number of hydrogen-bond donors (Lipinski definition) is 1. The highest BCUT2D eigenvalue weighted by molar-refractivity contribution is 5.31. The molecule has 1 aromatic heterocycles. The van der Waals surface area contributed by atoms with E-state index in [1.807, 2.05) is 43.7 Å². The van der Waals surface area contributed by atoms with E-state index in [-0.39, 0.29) is 6.04 Å². The Kier molecular flexibility index (Phi) is 5.06. The largest absolute Gasteiger partial charge is 0.381 e. The van der Waals surface area contributed by atoms with Crippen molar-refractivity contribution in [2.45, 2.75) is 25.4 Å². The predicted octanol–water partition coefficient (Wildman–Crippen LogP) is 2.55. The molecule has 0 radical (unpaired) electrons. The van der Waals surface area contributed by atoms with Gasteiger partial charge in [0.2, 0.25) is 0 Å². The molecule has 3 rings (SSSR count). The highest BCUT2D eigenvalue weighted by Crippen LogP contribution is 2.29. The van der Waals surface area contributed by atoms with Crippen LogP contribution in [0.25, 0.3) is 0 Å². The van der Waals surface area contributed by atoms with Crippen LogP contribution in [0.2, 0.25) is 0 Å². The molecule has 0 saturated carbocycles. The molecule has 0 bridgehead atoms. The lowest BCUT2D eigenvalue weighted by Crippen LogP contribution is -2.33. The van der Waals surface area contributed by atoms with E-state index < -0.39 is 0 Å². The van der Waals surface area contributed by atoms with Crippen molar-refractivity contribution in [1.82, 2.24) is 14.9 Å². The second kappa shape index (κ2) is 7.40. The first-order valence-electron chi connectivity index (χ1n) is 8.05. The number of nitriles is 1. The molecule has 5 nitrogen and oxygen atoms in total. The Balaban J connectivity index is 1.73. The predicted molar refractivity (Wildman–Crippen MR) is 87.5 cm³/mol. The molecule has 1 aliphatic rings. The fraction of sp³-hybridized carbons (Fsp3) is 0.444. The van der Waals surface area contributed by atoms with Crippen LogP contribution in [0.1, 0.15) is 35.8 Å². The molecule has 120 valence electrons. The minimum atomic E-state index is 0.217. The molecule has 0 aliphatic carbocycles. The average Bonchev–Trinajstić information content (AvgIpc) is 3.03. The van der Waals surface area contributed by atoms with Crippen molar-refractivity contribution >= 4 is 0 Å². The number of ether oxygens (including phenoxy) is 1. The molecule has 0 amide bonds. The molecule has 23 heavy (non-hydrogen) atoms. The van der Waals surface area contributed by atoms with Crippen molar-refractivity contribution in [3.8, 4) is 6.07 Å². The van der Waals surface area contributed by atoms with Gasteiger partial charge >= 0.3 is 0 Å². The maximum atomic E-state index is 8.88. The molecular formula is C18H22N4O.